The second kappa shape index (κ2) is 6.34. The third kappa shape index (κ3) is 3.03. The fourth-order valence-electron chi connectivity index (χ4n) is 2.19. The highest BCUT2D eigenvalue weighted by Crippen LogP contribution is 2.31. The number of imidazole rings is 1. The predicted molar refractivity (Wildman–Crippen MR) is 81.7 cm³/mol. The van der Waals surface area contributed by atoms with E-state index in [9.17, 15) is 13.2 Å². The number of para-hydroxylation sites is 2. The van der Waals surface area contributed by atoms with Crippen molar-refractivity contribution in [2.75, 3.05) is 0 Å². The minimum atomic E-state index is -2.73. The first kappa shape index (κ1) is 15.4. The highest BCUT2D eigenvalue weighted by Gasteiger charge is 2.18. The van der Waals surface area contributed by atoms with Crippen LogP contribution in [-0.2, 0) is 5.75 Å². The minimum Gasteiger partial charge on any atom is -0.261 e. The van der Waals surface area contributed by atoms with Gasteiger partial charge in [-0.2, -0.15) is 14.0 Å². The number of hydrogen-bond donors (Lipinski definition) is 0. The van der Waals surface area contributed by atoms with Crippen LogP contribution in [0.5, 0.6) is 0 Å². The summed E-state index contributed by atoms with van der Waals surface area (Å²) in [7, 11) is 0. The highest BCUT2D eigenvalue weighted by molar-refractivity contribution is 7.98. The molecule has 0 spiro atoms. The molecule has 3 nitrogen and oxygen atoms in total. The summed E-state index contributed by atoms with van der Waals surface area (Å²) in [5, 5.41) is 8.85. The van der Waals surface area contributed by atoms with Gasteiger partial charge in [-0.3, -0.25) is 4.57 Å². The Bertz CT molecular complexity index is 899. The molecular weight excluding hydrogens is 323 g/mol. The summed E-state index contributed by atoms with van der Waals surface area (Å²) in [5.74, 6) is -0.385. The van der Waals surface area contributed by atoms with Crippen molar-refractivity contribution in [2.45, 2.75) is 17.5 Å². The molecule has 7 heteroatoms. The maximum atomic E-state index is 13.9. The zero-order valence-corrected chi connectivity index (χ0v) is 12.5. The summed E-state index contributed by atoms with van der Waals surface area (Å²) >= 11 is 1.03. The van der Waals surface area contributed by atoms with E-state index in [-0.39, 0.29) is 16.5 Å². The zero-order chi connectivity index (χ0) is 16.4. The van der Waals surface area contributed by atoms with Crippen molar-refractivity contribution in [3.05, 3.63) is 59.4 Å². The van der Waals surface area contributed by atoms with Crippen molar-refractivity contribution in [2.24, 2.45) is 0 Å². The summed E-state index contributed by atoms with van der Waals surface area (Å²) in [4.78, 5) is 4.18. The maximum absolute atomic E-state index is 13.9. The van der Waals surface area contributed by atoms with Gasteiger partial charge < -0.3 is 0 Å². The molecule has 0 bridgehead atoms. The first-order valence-corrected chi connectivity index (χ1v) is 7.65. The molecule has 0 aliphatic carbocycles. The summed E-state index contributed by atoms with van der Waals surface area (Å²) in [6.45, 7) is -2.73. The van der Waals surface area contributed by atoms with Crippen LogP contribution in [0.3, 0.4) is 0 Å². The van der Waals surface area contributed by atoms with Crippen LogP contribution in [0.4, 0.5) is 13.2 Å². The van der Waals surface area contributed by atoms with Gasteiger partial charge in [0.25, 0.3) is 0 Å². The maximum Gasteiger partial charge on any atom is 0.321 e. The highest BCUT2D eigenvalue weighted by atomic mass is 32.2. The van der Waals surface area contributed by atoms with E-state index in [1.54, 1.807) is 24.3 Å². The standard InChI is InChI=1S/C16H10F3N3S/c17-12-7-10(8-20)5-6-11(12)9-23-16-21-13-3-1-2-4-14(13)22(16)15(18)19/h1-7,15H,9H2. The van der Waals surface area contributed by atoms with Gasteiger partial charge in [-0.1, -0.05) is 30.0 Å². The van der Waals surface area contributed by atoms with Crippen LogP contribution in [0.2, 0.25) is 0 Å². The number of benzene rings is 2. The monoisotopic (exact) mass is 333 g/mol. The number of thioether (sulfide) groups is 1. The Balaban J connectivity index is 1.90. The molecule has 3 aromatic rings. The molecule has 3 rings (SSSR count). The number of nitriles is 1. The average Bonchev–Trinajstić information content (AvgIpc) is 2.92. The molecule has 0 atom stereocenters. The molecule has 0 radical (unpaired) electrons. The fourth-order valence-corrected chi connectivity index (χ4v) is 3.19. The van der Waals surface area contributed by atoms with Crippen LogP contribution in [0.25, 0.3) is 11.0 Å². The third-order valence-corrected chi connectivity index (χ3v) is 4.30. The van der Waals surface area contributed by atoms with E-state index in [2.05, 4.69) is 4.98 Å². The van der Waals surface area contributed by atoms with Gasteiger partial charge in [0.15, 0.2) is 5.16 Å². The van der Waals surface area contributed by atoms with Crippen molar-refractivity contribution in [3.63, 3.8) is 0 Å². The van der Waals surface area contributed by atoms with Gasteiger partial charge in [-0.15, -0.1) is 0 Å². The van der Waals surface area contributed by atoms with E-state index in [1.165, 1.54) is 12.1 Å². The van der Waals surface area contributed by atoms with E-state index in [0.717, 1.165) is 22.4 Å². The number of hydrogen-bond acceptors (Lipinski definition) is 3. The van der Waals surface area contributed by atoms with Gasteiger partial charge >= 0.3 is 6.55 Å². The van der Waals surface area contributed by atoms with E-state index in [4.69, 9.17) is 5.26 Å². The van der Waals surface area contributed by atoms with Crippen molar-refractivity contribution < 1.29 is 13.2 Å². The van der Waals surface area contributed by atoms with Gasteiger partial charge in [-0.25, -0.2) is 9.37 Å². The van der Waals surface area contributed by atoms with Crippen molar-refractivity contribution in [3.8, 4) is 6.07 Å². The summed E-state index contributed by atoms with van der Waals surface area (Å²) in [6, 6.07) is 12.6. The third-order valence-electron chi connectivity index (χ3n) is 3.30. The quantitative estimate of drug-likeness (QED) is 0.648. The molecule has 0 saturated heterocycles. The van der Waals surface area contributed by atoms with E-state index >= 15 is 0 Å². The molecule has 116 valence electrons. The topological polar surface area (TPSA) is 41.6 Å². The number of nitrogens with zero attached hydrogens (tertiary/aromatic N) is 3. The van der Waals surface area contributed by atoms with Crippen LogP contribution < -0.4 is 0 Å². The molecular formula is C16H10F3N3S. The van der Waals surface area contributed by atoms with Crippen LogP contribution in [0.15, 0.2) is 47.6 Å². The van der Waals surface area contributed by atoms with Crippen molar-refractivity contribution in [1.82, 2.24) is 9.55 Å². The van der Waals surface area contributed by atoms with Gasteiger partial charge in [0.1, 0.15) is 5.82 Å². The van der Waals surface area contributed by atoms with Crippen molar-refractivity contribution in [1.29, 1.82) is 5.26 Å². The molecule has 0 N–H and O–H groups in total. The number of rotatable bonds is 4. The first-order valence-electron chi connectivity index (χ1n) is 6.66. The molecule has 0 amide bonds. The van der Waals surface area contributed by atoms with E-state index in [1.807, 2.05) is 6.07 Å². The molecule has 0 fully saturated rings. The molecule has 1 heterocycles. The predicted octanol–water partition coefficient (Wildman–Crippen LogP) is 4.73. The minimum absolute atomic E-state index is 0.130. The fraction of sp³-hybridized carbons (Fsp3) is 0.125. The molecule has 23 heavy (non-hydrogen) atoms. The Morgan fingerprint density at radius 3 is 2.70 bits per heavy atom. The first-order chi connectivity index (χ1) is 11.1. The lowest BCUT2D eigenvalue weighted by Crippen LogP contribution is -2.00. The van der Waals surface area contributed by atoms with Crippen molar-refractivity contribution >= 4 is 22.8 Å². The Morgan fingerprint density at radius 2 is 2.00 bits per heavy atom. The molecule has 1 aromatic heterocycles. The molecule has 0 unspecified atom stereocenters. The second-order valence-electron chi connectivity index (χ2n) is 4.74. The largest absolute Gasteiger partial charge is 0.321 e. The lowest BCUT2D eigenvalue weighted by atomic mass is 10.1. The second-order valence-corrected chi connectivity index (χ2v) is 5.68. The zero-order valence-electron chi connectivity index (χ0n) is 11.7. The Hall–Kier alpha value is -2.46. The van der Waals surface area contributed by atoms with E-state index in [0.29, 0.717) is 16.6 Å². The van der Waals surface area contributed by atoms with Crippen LogP contribution in [0.1, 0.15) is 17.7 Å². The Labute approximate surface area is 134 Å². The lowest BCUT2D eigenvalue weighted by Gasteiger charge is -2.07. The summed E-state index contributed by atoms with van der Waals surface area (Å²) in [6.07, 6.45) is 0. The number of aromatic nitrogens is 2. The van der Waals surface area contributed by atoms with Crippen LogP contribution in [0, 0.1) is 17.1 Å². The smallest absolute Gasteiger partial charge is 0.261 e. The Morgan fingerprint density at radius 1 is 1.22 bits per heavy atom. The number of fused-ring (bicyclic) bond motifs is 1. The van der Waals surface area contributed by atoms with Gasteiger partial charge in [-0.05, 0) is 29.8 Å². The summed E-state index contributed by atoms with van der Waals surface area (Å²) in [5.41, 5.74) is 1.36. The average molecular weight is 333 g/mol. The SMILES string of the molecule is N#Cc1ccc(CSc2nc3ccccc3n2C(F)F)c(F)c1. The normalized spacial score (nSPS) is 11.1. The number of alkyl halides is 2. The summed E-state index contributed by atoms with van der Waals surface area (Å²) < 4.78 is 41.3. The molecule has 2 aromatic carbocycles. The van der Waals surface area contributed by atoms with Gasteiger partial charge in [0.2, 0.25) is 0 Å². The molecule has 0 aliphatic heterocycles. The van der Waals surface area contributed by atoms with Crippen LogP contribution in [-0.4, -0.2) is 9.55 Å². The van der Waals surface area contributed by atoms with Gasteiger partial charge in [0, 0.05) is 5.75 Å². The van der Waals surface area contributed by atoms with Gasteiger partial charge in [0.05, 0.1) is 22.7 Å². The molecule has 0 saturated carbocycles. The van der Waals surface area contributed by atoms with Crippen LogP contribution >= 0.6 is 11.8 Å². The lowest BCUT2D eigenvalue weighted by molar-refractivity contribution is 0.0656. The van der Waals surface area contributed by atoms with E-state index < -0.39 is 12.4 Å². The molecule has 0 aliphatic rings. The number of halogens is 3. The Kier molecular flexibility index (Phi) is 4.26.